The number of rotatable bonds is 8. The molecule has 136 valence electrons. The molecule has 3 N–H and O–H groups in total. The molecule has 0 radical (unpaired) electrons. The van der Waals surface area contributed by atoms with Crippen molar-refractivity contribution >= 4 is 18.0 Å². The quantitative estimate of drug-likeness (QED) is 0.547. The van der Waals surface area contributed by atoms with Crippen LogP contribution in [-0.2, 0) is 4.79 Å². The number of carbonyl (C=O) groups is 2. The first kappa shape index (κ1) is 18.8. The zero-order valence-electron chi connectivity index (χ0n) is 14.4. The Morgan fingerprint density at radius 2 is 1.77 bits per heavy atom. The Kier molecular flexibility index (Phi) is 6.55. The van der Waals surface area contributed by atoms with E-state index in [1.165, 1.54) is 20.4 Å². The summed E-state index contributed by atoms with van der Waals surface area (Å²) in [4.78, 5) is 22.8. The highest BCUT2D eigenvalue weighted by atomic mass is 16.5. The zero-order chi connectivity index (χ0) is 18.9. The summed E-state index contributed by atoms with van der Waals surface area (Å²) in [5.74, 6) is 0.564. The van der Waals surface area contributed by atoms with E-state index >= 15 is 0 Å². The van der Waals surface area contributed by atoms with Crippen LogP contribution in [0.3, 0.4) is 0 Å². The van der Waals surface area contributed by atoms with E-state index < -0.39 is 5.91 Å². The SMILES string of the molecule is COc1ccc(C(=O)N/N=C\c2ccc(OCC(N)=O)cc2)cc1OC. The maximum atomic E-state index is 12.1. The Morgan fingerprint density at radius 3 is 2.38 bits per heavy atom. The summed E-state index contributed by atoms with van der Waals surface area (Å²) < 4.78 is 15.4. The van der Waals surface area contributed by atoms with Crippen LogP contribution in [0.5, 0.6) is 17.2 Å². The third-order valence-electron chi connectivity index (χ3n) is 3.29. The van der Waals surface area contributed by atoms with Crippen LogP contribution in [0.2, 0.25) is 0 Å². The molecule has 8 nitrogen and oxygen atoms in total. The summed E-state index contributed by atoms with van der Waals surface area (Å²) in [5, 5.41) is 3.91. The van der Waals surface area contributed by atoms with E-state index in [2.05, 4.69) is 10.5 Å². The smallest absolute Gasteiger partial charge is 0.271 e. The van der Waals surface area contributed by atoms with Gasteiger partial charge in [0.1, 0.15) is 5.75 Å². The summed E-state index contributed by atoms with van der Waals surface area (Å²) in [6.07, 6.45) is 1.48. The average Bonchev–Trinajstić information content (AvgIpc) is 2.66. The van der Waals surface area contributed by atoms with Gasteiger partial charge in [0.05, 0.1) is 20.4 Å². The highest BCUT2D eigenvalue weighted by Crippen LogP contribution is 2.27. The second-order valence-electron chi connectivity index (χ2n) is 5.09. The van der Waals surface area contributed by atoms with Gasteiger partial charge in [-0.25, -0.2) is 5.43 Å². The van der Waals surface area contributed by atoms with E-state index in [-0.39, 0.29) is 12.5 Å². The predicted octanol–water partition coefficient (Wildman–Crippen LogP) is 1.33. The first-order chi connectivity index (χ1) is 12.5. The fourth-order valence-corrected chi connectivity index (χ4v) is 2.01. The Labute approximate surface area is 150 Å². The maximum absolute atomic E-state index is 12.1. The van der Waals surface area contributed by atoms with Crippen LogP contribution in [0.15, 0.2) is 47.6 Å². The van der Waals surface area contributed by atoms with E-state index in [0.717, 1.165) is 5.56 Å². The minimum absolute atomic E-state index is 0.186. The van der Waals surface area contributed by atoms with Crippen LogP contribution in [0.4, 0.5) is 0 Å². The molecule has 0 aliphatic heterocycles. The monoisotopic (exact) mass is 357 g/mol. The molecule has 0 aromatic heterocycles. The Balaban J connectivity index is 1.95. The molecule has 2 amide bonds. The van der Waals surface area contributed by atoms with Crippen LogP contribution in [0.25, 0.3) is 0 Å². The molecular weight excluding hydrogens is 338 g/mol. The molecule has 0 spiro atoms. The topological polar surface area (TPSA) is 112 Å². The van der Waals surface area contributed by atoms with Crippen molar-refractivity contribution in [2.45, 2.75) is 0 Å². The number of nitrogens with two attached hydrogens (primary N) is 1. The zero-order valence-corrected chi connectivity index (χ0v) is 14.4. The molecule has 0 heterocycles. The number of methoxy groups -OCH3 is 2. The Hall–Kier alpha value is -3.55. The highest BCUT2D eigenvalue weighted by Gasteiger charge is 2.09. The maximum Gasteiger partial charge on any atom is 0.271 e. The van der Waals surface area contributed by atoms with E-state index in [1.54, 1.807) is 42.5 Å². The summed E-state index contributed by atoms with van der Waals surface area (Å²) in [7, 11) is 3.01. The summed E-state index contributed by atoms with van der Waals surface area (Å²) in [6, 6.07) is 11.6. The second-order valence-corrected chi connectivity index (χ2v) is 5.09. The molecular formula is C18H19N3O5. The first-order valence-electron chi connectivity index (χ1n) is 7.60. The van der Waals surface area contributed by atoms with E-state index in [1.807, 2.05) is 0 Å². The summed E-state index contributed by atoms with van der Waals surface area (Å²) in [6.45, 7) is -0.186. The van der Waals surface area contributed by atoms with Crippen molar-refractivity contribution in [3.8, 4) is 17.2 Å². The Morgan fingerprint density at radius 1 is 1.08 bits per heavy atom. The minimum atomic E-state index is -0.548. The summed E-state index contributed by atoms with van der Waals surface area (Å²) >= 11 is 0. The van der Waals surface area contributed by atoms with Crippen LogP contribution in [0.1, 0.15) is 15.9 Å². The van der Waals surface area contributed by atoms with Crippen molar-refractivity contribution in [1.82, 2.24) is 5.43 Å². The van der Waals surface area contributed by atoms with Gasteiger partial charge in [0.15, 0.2) is 18.1 Å². The molecule has 2 aromatic carbocycles. The van der Waals surface area contributed by atoms with Crippen molar-refractivity contribution in [3.05, 3.63) is 53.6 Å². The Bertz CT molecular complexity index is 803. The predicted molar refractivity (Wildman–Crippen MR) is 95.7 cm³/mol. The van der Waals surface area contributed by atoms with E-state index in [4.69, 9.17) is 19.9 Å². The molecule has 0 unspecified atom stereocenters. The number of nitrogens with zero attached hydrogens (tertiary/aromatic N) is 1. The fourth-order valence-electron chi connectivity index (χ4n) is 2.01. The number of carbonyl (C=O) groups excluding carboxylic acids is 2. The summed E-state index contributed by atoms with van der Waals surface area (Å²) in [5.41, 5.74) is 8.56. The van der Waals surface area contributed by atoms with Crippen LogP contribution < -0.4 is 25.4 Å². The lowest BCUT2D eigenvalue weighted by atomic mass is 10.2. The molecule has 0 aliphatic carbocycles. The third kappa shape index (κ3) is 5.23. The molecule has 0 aliphatic rings. The standard InChI is InChI=1S/C18H19N3O5/c1-24-15-8-5-13(9-16(15)25-2)18(23)21-20-10-12-3-6-14(7-4-12)26-11-17(19)22/h3-10H,11H2,1-2H3,(H2,19,22)(H,21,23)/b20-10-. The van der Waals surface area contributed by atoms with E-state index in [9.17, 15) is 9.59 Å². The lowest BCUT2D eigenvalue weighted by Gasteiger charge is -2.08. The number of ether oxygens (including phenoxy) is 3. The molecule has 0 bridgehead atoms. The lowest BCUT2D eigenvalue weighted by molar-refractivity contribution is -0.119. The number of amides is 2. The van der Waals surface area contributed by atoms with Crippen molar-refractivity contribution in [2.75, 3.05) is 20.8 Å². The van der Waals surface area contributed by atoms with Crippen molar-refractivity contribution in [2.24, 2.45) is 10.8 Å². The van der Waals surface area contributed by atoms with Gasteiger partial charge in [-0.05, 0) is 48.0 Å². The number of hydrazone groups is 1. The number of primary amides is 1. The number of hydrogen-bond donors (Lipinski definition) is 2. The molecule has 0 saturated carbocycles. The van der Waals surface area contributed by atoms with Crippen LogP contribution >= 0.6 is 0 Å². The van der Waals surface area contributed by atoms with Crippen LogP contribution in [-0.4, -0.2) is 38.9 Å². The van der Waals surface area contributed by atoms with Gasteiger partial charge < -0.3 is 19.9 Å². The number of hydrogen-bond acceptors (Lipinski definition) is 6. The van der Waals surface area contributed by atoms with Gasteiger partial charge in [0, 0.05) is 5.56 Å². The van der Waals surface area contributed by atoms with Crippen molar-refractivity contribution in [1.29, 1.82) is 0 Å². The van der Waals surface area contributed by atoms with Gasteiger partial charge in [-0.15, -0.1) is 0 Å². The van der Waals surface area contributed by atoms with Gasteiger partial charge in [-0.1, -0.05) is 0 Å². The minimum Gasteiger partial charge on any atom is -0.493 e. The number of nitrogens with one attached hydrogen (secondary N) is 1. The van der Waals surface area contributed by atoms with Gasteiger partial charge in [0.2, 0.25) is 0 Å². The fraction of sp³-hybridized carbons (Fsp3) is 0.167. The molecule has 2 aromatic rings. The van der Waals surface area contributed by atoms with Gasteiger partial charge in [-0.3, -0.25) is 9.59 Å². The average molecular weight is 357 g/mol. The van der Waals surface area contributed by atoms with Crippen molar-refractivity contribution in [3.63, 3.8) is 0 Å². The lowest BCUT2D eigenvalue weighted by Crippen LogP contribution is -2.20. The molecule has 2 rings (SSSR count). The third-order valence-corrected chi connectivity index (χ3v) is 3.29. The largest absolute Gasteiger partial charge is 0.493 e. The first-order valence-corrected chi connectivity index (χ1v) is 7.60. The number of benzene rings is 2. The van der Waals surface area contributed by atoms with Gasteiger partial charge in [-0.2, -0.15) is 5.10 Å². The normalized spacial score (nSPS) is 10.4. The molecule has 0 fully saturated rings. The molecule has 0 atom stereocenters. The second kappa shape index (κ2) is 9.07. The van der Waals surface area contributed by atoms with Gasteiger partial charge in [0.25, 0.3) is 11.8 Å². The molecule has 0 saturated heterocycles. The van der Waals surface area contributed by atoms with Crippen molar-refractivity contribution < 1.29 is 23.8 Å². The highest BCUT2D eigenvalue weighted by molar-refractivity contribution is 5.95. The molecule has 26 heavy (non-hydrogen) atoms. The van der Waals surface area contributed by atoms with Gasteiger partial charge >= 0.3 is 0 Å². The molecule has 8 heteroatoms. The van der Waals surface area contributed by atoms with E-state index in [0.29, 0.717) is 22.8 Å². The van der Waals surface area contributed by atoms with Crippen LogP contribution in [0, 0.1) is 0 Å².